The third-order valence-corrected chi connectivity index (χ3v) is 6.42. The maximum Gasteiger partial charge on any atom is 0.166 e. The fourth-order valence-electron chi connectivity index (χ4n) is 4.80. The van der Waals surface area contributed by atoms with E-state index in [1.54, 1.807) is 36.4 Å². The predicted octanol–water partition coefficient (Wildman–Crippen LogP) is 5.67. The Morgan fingerprint density at radius 3 is 1.82 bits per heavy atom. The molecule has 5 N–H and O–H groups in total. The van der Waals surface area contributed by atoms with Crippen LogP contribution in [0.2, 0.25) is 0 Å². The van der Waals surface area contributed by atoms with Gasteiger partial charge < -0.3 is 39.7 Å². The molecule has 2 unspecified atom stereocenters. The standard InChI is InChI=1S/C30H26O8/c1-36-26-13-18(5-6-25(26)35)29-28(19-11-22(33)15-23(34)12-19)24-9-17(10-27(37-2)30(24)38-29)4-3-16-7-20(31)14-21(32)8-16/h3-15,28-29,31-35H,1-2H3. The Morgan fingerprint density at radius 1 is 0.632 bits per heavy atom. The first kappa shape index (κ1) is 24.7. The highest BCUT2D eigenvalue weighted by molar-refractivity contribution is 5.74. The number of rotatable bonds is 6. The summed E-state index contributed by atoms with van der Waals surface area (Å²) in [4.78, 5) is 0. The van der Waals surface area contributed by atoms with Gasteiger partial charge in [-0.15, -0.1) is 0 Å². The number of phenols is 5. The van der Waals surface area contributed by atoms with Crippen molar-refractivity contribution >= 4 is 12.2 Å². The van der Waals surface area contributed by atoms with Gasteiger partial charge in [-0.05, 0) is 70.8 Å². The SMILES string of the molecule is COc1cc(C2Oc3c(OC)cc(C=Cc4cc(O)cc(O)c4)cc3C2c2cc(O)cc(O)c2)ccc1O. The normalized spacial score (nSPS) is 16.3. The van der Waals surface area contributed by atoms with Gasteiger partial charge in [0.15, 0.2) is 23.0 Å². The highest BCUT2D eigenvalue weighted by Crippen LogP contribution is 2.54. The first-order chi connectivity index (χ1) is 18.2. The lowest BCUT2D eigenvalue weighted by Crippen LogP contribution is -2.11. The summed E-state index contributed by atoms with van der Waals surface area (Å²) in [5, 5.41) is 50.2. The van der Waals surface area contributed by atoms with Crippen LogP contribution in [0, 0.1) is 0 Å². The highest BCUT2D eigenvalue weighted by Gasteiger charge is 2.39. The Morgan fingerprint density at radius 2 is 1.21 bits per heavy atom. The van der Waals surface area contributed by atoms with Gasteiger partial charge in [-0.1, -0.05) is 18.2 Å². The van der Waals surface area contributed by atoms with Crippen molar-refractivity contribution in [2.45, 2.75) is 12.0 Å². The van der Waals surface area contributed by atoms with Crippen molar-refractivity contribution in [3.8, 4) is 46.0 Å². The molecule has 1 heterocycles. The summed E-state index contributed by atoms with van der Waals surface area (Å²) in [5.74, 6) is 0.480. The van der Waals surface area contributed by atoms with Crippen molar-refractivity contribution in [3.63, 3.8) is 0 Å². The molecule has 5 rings (SSSR count). The van der Waals surface area contributed by atoms with Crippen LogP contribution in [0.15, 0.2) is 66.7 Å². The van der Waals surface area contributed by atoms with E-state index in [9.17, 15) is 25.5 Å². The number of hydrogen-bond donors (Lipinski definition) is 5. The van der Waals surface area contributed by atoms with Crippen molar-refractivity contribution in [2.75, 3.05) is 14.2 Å². The smallest absolute Gasteiger partial charge is 0.166 e. The molecule has 4 aromatic rings. The van der Waals surface area contributed by atoms with Crippen LogP contribution in [-0.4, -0.2) is 39.8 Å². The number of hydrogen-bond acceptors (Lipinski definition) is 8. The predicted molar refractivity (Wildman–Crippen MR) is 141 cm³/mol. The van der Waals surface area contributed by atoms with Gasteiger partial charge in [-0.2, -0.15) is 0 Å². The number of fused-ring (bicyclic) bond motifs is 1. The molecule has 0 spiro atoms. The van der Waals surface area contributed by atoms with Crippen LogP contribution in [0.25, 0.3) is 12.2 Å². The number of methoxy groups -OCH3 is 2. The van der Waals surface area contributed by atoms with Crippen molar-refractivity contribution in [2.24, 2.45) is 0 Å². The second-order valence-electron chi connectivity index (χ2n) is 8.99. The van der Waals surface area contributed by atoms with E-state index >= 15 is 0 Å². The maximum atomic E-state index is 10.3. The summed E-state index contributed by atoms with van der Waals surface area (Å²) in [7, 11) is 2.99. The van der Waals surface area contributed by atoms with Crippen LogP contribution in [0.4, 0.5) is 0 Å². The zero-order valence-corrected chi connectivity index (χ0v) is 20.6. The molecule has 1 aliphatic rings. The van der Waals surface area contributed by atoms with Gasteiger partial charge in [0, 0.05) is 17.7 Å². The molecule has 0 saturated carbocycles. The van der Waals surface area contributed by atoms with Crippen molar-refractivity contribution in [1.82, 2.24) is 0 Å². The first-order valence-electron chi connectivity index (χ1n) is 11.7. The Bertz CT molecular complexity index is 1500. The second-order valence-corrected chi connectivity index (χ2v) is 8.99. The lowest BCUT2D eigenvalue weighted by molar-refractivity contribution is 0.213. The van der Waals surface area contributed by atoms with Crippen LogP contribution in [-0.2, 0) is 0 Å². The molecule has 0 radical (unpaired) electrons. The minimum absolute atomic E-state index is 0.0127. The number of phenolic OH excluding ortho intramolecular Hbond substituents is 5. The third kappa shape index (κ3) is 4.71. The molecular formula is C30H26O8. The van der Waals surface area contributed by atoms with E-state index < -0.39 is 12.0 Å². The average Bonchev–Trinajstić information content (AvgIpc) is 3.25. The van der Waals surface area contributed by atoms with Crippen molar-refractivity contribution in [3.05, 3.63) is 94.5 Å². The second kappa shape index (κ2) is 9.82. The van der Waals surface area contributed by atoms with Crippen molar-refractivity contribution in [1.29, 1.82) is 0 Å². The van der Waals surface area contributed by atoms with E-state index in [0.717, 1.165) is 11.1 Å². The lowest BCUT2D eigenvalue weighted by Gasteiger charge is -2.21. The van der Waals surface area contributed by atoms with E-state index in [1.165, 1.54) is 44.6 Å². The molecular weight excluding hydrogens is 488 g/mol. The Balaban J connectivity index is 1.65. The van der Waals surface area contributed by atoms with Crippen LogP contribution in [0.5, 0.6) is 46.0 Å². The molecule has 2 atom stereocenters. The Hall–Kier alpha value is -4.98. The molecule has 4 aromatic carbocycles. The van der Waals surface area contributed by atoms with Gasteiger partial charge in [0.2, 0.25) is 0 Å². The summed E-state index contributed by atoms with van der Waals surface area (Å²) in [6.07, 6.45) is 2.95. The van der Waals surface area contributed by atoms with E-state index in [1.807, 2.05) is 12.1 Å². The van der Waals surface area contributed by atoms with Gasteiger partial charge in [-0.25, -0.2) is 0 Å². The van der Waals surface area contributed by atoms with Gasteiger partial charge in [0.1, 0.15) is 29.1 Å². The summed E-state index contributed by atoms with van der Waals surface area (Å²) in [6, 6.07) is 17.3. The summed E-state index contributed by atoms with van der Waals surface area (Å²) in [5.41, 5.74) is 3.43. The van der Waals surface area contributed by atoms with Gasteiger partial charge in [-0.3, -0.25) is 0 Å². The number of benzene rings is 4. The molecule has 38 heavy (non-hydrogen) atoms. The van der Waals surface area contributed by atoms with Crippen LogP contribution >= 0.6 is 0 Å². The third-order valence-electron chi connectivity index (χ3n) is 6.42. The molecule has 0 aliphatic carbocycles. The molecule has 0 aromatic heterocycles. The molecule has 0 saturated heterocycles. The molecule has 8 heteroatoms. The number of aromatic hydroxyl groups is 5. The monoisotopic (exact) mass is 514 g/mol. The van der Waals surface area contributed by atoms with Gasteiger partial charge in [0.05, 0.1) is 20.1 Å². The Labute approximate surface area is 218 Å². The van der Waals surface area contributed by atoms with Gasteiger partial charge in [0.25, 0.3) is 0 Å². The lowest BCUT2D eigenvalue weighted by atomic mass is 9.84. The molecule has 8 nitrogen and oxygen atoms in total. The molecule has 0 amide bonds. The Kier molecular flexibility index (Phi) is 6.38. The topological polar surface area (TPSA) is 129 Å². The maximum absolute atomic E-state index is 10.3. The van der Waals surface area contributed by atoms with E-state index in [2.05, 4.69) is 0 Å². The van der Waals surface area contributed by atoms with Crippen LogP contribution < -0.4 is 14.2 Å². The fraction of sp³-hybridized carbons (Fsp3) is 0.133. The van der Waals surface area contributed by atoms with Gasteiger partial charge >= 0.3 is 0 Å². The van der Waals surface area contributed by atoms with Crippen molar-refractivity contribution < 1.29 is 39.7 Å². The molecule has 0 bridgehead atoms. The van der Waals surface area contributed by atoms with E-state index in [0.29, 0.717) is 28.2 Å². The number of ether oxygens (including phenoxy) is 3. The van der Waals surface area contributed by atoms with E-state index in [4.69, 9.17) is 14.2 Å². The zero-order chi connectivity index (χ0) is 27.0. The first-order valence-corrected chi connectivity index (χ1v) is 11.7. The average molecular weight is 515 g/mol. The summed E-state index contributed by atoms with van der Waals surface area (Å²) >= 11 is 0. The quantitative estimate of drug-likeness (QED) is 0.208. The largest absolute Gasteiger partial charge is 0.508 e. The van der Waals surface area contributed by atoms with Crippen LogP contribution in [0.1, 0.15) is 39.8 Å². The minimum atomic E-state index is -0.600. The highest BCUT2D eigenvalue weighted by atomic mass is 16.5. The molecule has 194 valence electrons. The summed E-state index contributed by atoms with van der Waals surface area (Å²) < 4.78 is 17.4. The fourth-order valence-corrected chi connectivity index (χ4v) is 4.80. The van der Waals surface area contributed by atoms with E-state index in [-0.39, 0.29) is 34.5 Å². The molecule has 0 fully saturated rings. The zero-order valence-electron chi connectivity index (χ0n) is 20.6. The minimum Gasteiger partial charge on any atom is -0.508 e. The summed E-state index contributed by atoms with van der Waals surface area (Å²) in [6.45, 7) is 0. The molecule has 1 aliphatic heterocycles. The van der Waals surface area contributed by atoms with Crippen LogP contribution in [0.3, 0.4) is 0 Å².